The van der Waals surface area contributed by atoms with Crippen LogP contribution in [0.1, 0.15) is 146 Å². The number of rotatable bonds is 6. The van der Waals surface area contributed by atoms with E-state index in [1.807, 2.05) is 6.07 Å². The fourth-order valence-corrected chi connectivity index (χ4v) is 22.3. The Bertz CT molecular complexity index is 1850. The molecular weight excluding hydrogens is 816 g/mol. The minimum absolute atomic E-state index is 0.385. The van der Waals surface area contributed by atoms with Gasteiger partial charge in [-0.05, 0) is 55.5 Å². The van der Waals surface area contributed by atoms with Crippen LogP contribution in [0, 0.1) is 59.4 Å². The van der Waals surface area contributed by atoms with Crippen LogP contribution < -0.4 is 0 Å². The number of nitrogens with zero attached hydrogens (tertiary/aromatic N) is 2. The number of aryl methyl sites for hydroxylation is 6. The first kappa shape index (κ1) is 41.5. The van der Waals surface area contributed by atoms with Crippen LogP contribution in [0.4, 0.5) is 0 Å². The van der Waals surface area contributed by atoms with Crippen LogP contribution in [-0.4, -0.2) is 30.7 Å². The van der Waals surface area contributed by atoms with Crippen molar-refractivity contribution in [3.63, 3.8) is 0 Å². The van der Waals surface area contributed by atoms with Crippen LogP contribution in [0.2, 0.25) is 0 Å². The third kappa shape index (κ3) is 9.53. The van der Waals surface area contributed by atoms with E-state index >= 15 is 0 Å². The van der Waals surface area contributed by atoms with Gasteiger partial charge in [0.2, 0.25) is 0 Å². The third-order valence-corrected chi connectivity index (χ3v) is 22.8. The van der Waals surface area contributed by atoms with Crippen molar-refractivity contribution >= 4 is 43.2 Å². The number of benzene rings is 2. The summed E-state index contributed by atoms with van der Waals surface area (Å²) in [7, 11) is 15.3. The van der Waals surface area contributed by atoms with Crippen molar-refractivity contribution in [2.24, 2.45) is 0 Å². The Kier molecular flexibility index (Phi) is 14.4. The maximum absolute atomic E-state index is 7.47. The molecule has 3 fully saturated rings. The second-order valence-corrected chi connectivity index (χ2v) is 29.8. The summed E-state index contributed by atoms with van der Waals surface area (Å²) < 4.78 is 7.80. The molecule has 0 amide bonds. The monoisotopic (exact) mass is 880 g/mol. The Morgan fingerprint density at radius 1 is 0.585 bits per heavy atom. The molecule has 2 heterocycles. The fraction of sp³-hybridized carbons (Fsp3) is 0.565. The molecule has 0 saturated heterocycles. The van der Waals surface area contributed by atoms with Crippen molar-refractivity contribution in [1.82, 2.24) is 9.13 Å². The summed E-state index contributed by atoms with van der Waals surface area (Å²) in [6, 6.07) is 13.1. The van der Waals surface area contributed by atoms with Crippen molar-refractivity contribution in [2.45, 2.75) is 169 Å². The van der Waals surface area contributed by atoms with E-state index < -0.39 is 11.9 Å². The molecule has 3 saturated carbocycles. The topological polar surface area (TPSA) is 9.86 Å². The first-order chi connectivity index (χ1) is 25.4. The Balaban J connectivity index is 0.000000213. The van der Waals surface area contributed by atoms with Gasteiger partial charge < -0.3 is 0 Å². The van der Waals surface area contributed by atoms with Crippen molar-refractivity contribution in [2.75, 3.05) is 0 Å². The van der Waals surface area contributed by atoms with Gasteiger partial charge in [-0.15, -0.1) is 0 Å². The molecule has 3 aliphatic carbocycles. The Morgan fingerprint density at radius 3 is 1.26 bits per heavy atom. The summed E-state index contributed by atoms with van der Waals surface area (Å²) in [6.45, 7) is 17.4. The van der Waals surface area contributed by atoms with Crippen molar-refractivity contribution in [3.05, 3.63) is 95.4 Å². The number of thiophene rings is 1. The van der Waals surface area contributed by atoms with E-state index in [1.54, 1.807) is 88.4 Å². The molecule has 4 aromatic rings. The van der Waals surface area contributed by atoms with Gasteiger partial charge in [-0.3, -0.25) is 0 Å². The van der Waals surface area contributed by atoms with Gasteiger partial charge in [0.1, 0.15) is 0 Å². The molecule has 2 aromatic heterocycles. The molecule has 0 spiro atoms. The number of aromatic nitrogens is 2. The summed E-state index contributed by atoms with van der Waals surface area (Å²) in [5.74, 6) is 0. The third-order valence-electron chi connectivity index (χ3n) is 12.2. The maximum atomic E-state index is 7.47. The normalized spacial score (nSPS) is 18.2. The zero-order valence-electron chi connectivity index (χ0n) is 33.8. The van der Waals surface area contributed by atoms with Gasteiger partial charge in [-0.2, -0.15) is 0 Å². The van der Waals surface area contributed by atoms with Crippen molar-refractivity contribution in [1.29, 1.82) is 0 Å². The average Bonchev–Trinajstić information content (AvgIpc) is 3.71. The molecule has 0 bridgehead atoms. The summed E-state index contributed by atoms with van der Waals surface area (Å²) in [5.41, 5.74) is 15.7. The Labute approximate surface area is 337 Å². The van der Waals surface area contributed by atoms with Gasteiger partial charge in [0.15, 0.2) is 0 Å². The van der Waals surface area contributed by atoms with Crippen LogP contribution in [0.3, 0.4) is 0 Å². The van der Waals surface area contributed by atoms with Gasteiger partial charge >= 0.3 is 219 Å². The zero-order valence-corrected chi connectivity index (χ0v) is 38.8. The molecule has 3 aliphatic rings. The van der Waals surface area contributed by atoms with Crippen molar-refractivity contribution < 1.29 is 11.9 Å². The van der Waals surface area contributed by atoms with Crippen LogP contribution in [0.15, 0.2) is 41.8 Å². The molecule has 7 rings (SSSR count). The number of halogens is 2. The molecule has 2 nitrogen and oxygen atoms in total. The Hall–Kier alpha value is -1.15. The van der Waals surface area contributed by atoms with E-state index in [0.29, 0.717) is 7.92 Å². The van der Waals surface area contributed by atoms with Gasteiger partial charge in [0.25, 0.3) is 0 Å². The summed E-state index contributed by atoms with van der Waals surface area (Å²) >= 11 is -1.85. The second kappa shape index (κ2) is 18.4. The van der Waals surface area contributed by atoms with Crippen LogP contribution in [0.25, 0.3) is 11.4 Å². The van der Waals surface area contributed by atoms with Crippen LogP contribution in [-0.2, 0) is 11.9 Å². The van der Waals surface area contributed by atoms with Crippen LogP contribution in [0.5, 0.6) is 0 Å². The summed E-state index contributed by atoms with van der Waals surface area (Å²) in [5, 5.41) is 2.07. The number of hydrogen-bond donors (Lipinski definition) is 0. The summed E-state index contributed by atoms with van der Waals surface area (Å²) in [6.07, 6.45) is 23.6. The number of imidazole rings is 1. The average molecular weight is 881 g/mol. The SMILES string of the molecule is C1CCC(P(C2CCCCC2)C2CCCCC2)CC1.Cc1cc(C)c(-n2c(C)c(C)n(-c3c(C)cc(C)cc3C)[c]2=[Ru]([Cl])([Cl])=[CH]c2cccs2)c(C)c1. The second-order valence-electron chi connectivity index (χ2n) is 16.5. The molecule has 2 aromatic carbocycles. The first-order valence-corrected chi connectivity index (χ1v) is 29.2. The molecule has 0 radical (unpaired) electrons. The number of hydrogen-bond acceptors (Lipinski definition) is 1. The quantitative estimate of drug-likeness (QED) is 0.135. The molecule has 0 unspecified atom stereocenters. The fourth-order valence-electron chi connectivity index (χ4n) is 10.0. The molecule has 7 heteroatoms. The molecule has 0 N–H and O–H groups in total. The van der Waals surface area contributed by atoms with E-state index in [9.17, 15) is 0 Å². The molecular formula is C46H65Cl2N2PRuS. The van der Waals surface area contributed by atoms with E-state index in [-0.39, 0.29) is 0 Å². The standard InChI is InChI=1S/C23H28N2.C18H33P.C5H4S.2ClH.Ru/c1-14-9-16(3)22(17(4)10-14)24-13-25(21(8)20(24)7)23-18(5)11-15(2)12-19(23)6;1-4-10-16(11-5-1)19(17-12-6-2-7-13-17)18-14-8-3-9-15-18;1-5-3-2-4-6-5;;;/h9-12H,1-8H3;16-18H,1-15H2;1-4H;2*1H;/q;;;;;+2/p-2. The van der Waals surface area contributed by atoms with Gasteiger partial charge in [0.05, 0.1) is 0 Å². The molecule has 292 valence electrons. The van der Waals surface area contributed by atoms with E-state index in [4.69, 9.17) is 19.4 Å². The van der Waals surface area contributed by atoms with Gasteiger partial charge in [0, 0.05) is 0 Å². The predicted octanol–water partition coefficient (Wildman–Crippen LogP) is 15.1. The minimum atomic E-state index is -3.53. The predicted molar refractivity (Wildman–Crippen MR) is 235 cm³/mol. The molecule has 0 aliphatic heterocycles. The van der Waals surface area contributed by atoms with Crippen molar-refractivity contribution in [3.8, 4) is 11.4 Å². The summed E-state index contributed by atoms with van der Waals surface area (Å²) in [4.78, 5) is 1.11. The Morgan fingerprint density at radius 2 is 0.943 bits per heavy atom. The van der Waals surface area contributed by atoms with E-state index in [2.05, 4.69) is 105 Å². The van der Waals surface area contributed by atoms with E-state index in [0.717, 1.165) is 20.3 Å². The molecule has 53 heavy (non-hydrogen) atoms. The van der Waals surface area contributed by atoms with Crippen LogP contribution >= 0.6 is 38.6 Å². The van der Waals surface area contributed by atoms with Gasteiger partial charge in [-0.1, -0.05) is 65.7 Å². The van der Waals surface area contributed by atoms with E-state index in [1.165, 1.54) is 81.0 Å². The molecule has 0 atom stereocenters. The van der Waals surface area contributed by atoms with Gasteiger partial charge in [-0.25, -0.2) is 0 Å². The zero-order chi connectivity index (χ0) is 37.9. The first-order valence-electron chi connectivity index (χ1n) is 20.5.